The normalized spacial score (nSPS) is 14.6. The molecule has 0 spiro atoms. The first-order valence-electron chi connectivity index (χ1n) is 10.1. The minimum atomic E-state index is -3.65. The molecule has 4 rings (SSSR count). The molecule has 3 aromatic rings. The Labute approximate surface area is 180 Å². The smallest absolute Gasteiger partial charge is 0.243 e. The van der Waals surface area contributed by atoms with E-state index < -0.39 is 10.0 Å². The summed E-state index contributed by atoms with van der Waals surface area (Å²) in [6.07, 6.45) is 3.60. The number of hydrogen-bond donors (Lipinski definition) is 2. The fourth-order valence-electron chi connectivity index (χ4n) is 3.45. The van der Waals surface area contributed by atoms with Gasteiger partial charge in [0.15, 0.2) is 11.7 Å². The van der Waals surface area contributed by atoms with Crippen LogP contribution in [0.3, 0.4) is 0 Å². The van der Waals surface area contributed by atoms with Crippen molar-refractivity contribution in [3.63, 3.8) is 0 Å². The molecule has 1 saturated heterocycles. The molecule has 0 radical (unpaired) electrons. The number of carbonyl (C=O) groups is 1. The third-order valence-electron chi connectivity index (χ3n) is 5.12. The summed E-state index contributed by atoms with van der Waals surface area (Å²) in [5, 5.41) is 12.7. The monoisotopic (exact) mass is 441 g/mol. The number of oxazole rings is 1. The van der Waals surface area contributed by atoms with E-state index in [1.165, 1.54) is 22.5 Å². The van der Waals surface area contributed by atoms with Crippen LogP contribution in [0.1, 0.15) is 25.2 Å². The molecule has 8 nitrogen and oxygen atoms in total. The van der Waals surface area contributed by atoms with Crippen LogP contribution >= 0.6 is 0 Å². The van der Waals surface area contributed by atoms with E-state index in [9.17, 15) is 18.3 Å². The van der Waals surface area contributed by atoms with Crippen molar-refractivity contribution in [2.24, 2.45) is 0 Å². The van der Waals surface area contributed by atoms with Gasteiger partial charge in [-0.05, 0) is 31.0 Å². The van der Waals surface area contributed by atoms with E-state index in [0.717, 1.165) is 18.4 Å². The van der Waals surface area contributed by atoms with Crippen LogP contribution in [0.5, 0.6) is 5.75 Å². The molecular formula is C22H23N3O5S. The summed E-state index contributed by atoms with van der Waals surface area (Å²) in [5.41, 5.74) is 0.953. The number of phenols is 1. The van der Waals surface area contributed by atoms with Gasteiger partial charge in [-0.2, -0.15) is 4.31 Å². The van der Waals surface area contributed by atoms with Gasteiger partial charge in [-0.15, -0.1) is 0 Å². The highest BCUT2D eigenvalue weighted by Gasteiger charge is 2.28. The van der Waals surface area contributed by atoms with Crippen molar-refractivity contribution in [2.45, 2.75) is 30.6 Å². The van der Waals surface area contributed by atoms with Crippen LogP contribution in [-0.2, 0) is 21.2 Å². The summed E-state index contributed by atoms with van der Waals surface area (Å²) in [7, 11) is -3.65. The number of rotatable bonds is 7. The Bertz CT molecular complexity index is 1170. The van der Waals surface area contributed by atoms with E-state index in [1.807, 2.05) is 30.3 Å². The molecule has 31 heavy (non-hydrogen) atoms. The molecule has 0 atom stereocenters. The van der Waals surface area contributed by atoms with Crippen LogP contribution in [-0.4, -0.2) is 41.8 Å². The highest BCUT2D eigenvalue weighted by atomic mass is 32.2. The second-order valence-corrected chi connectivity index (χ2v) is 9.26. The molecular weight excluding hydrogens is 418 g/mol. The number of aromatic hydroxyl groups is 1. The number of phenolic OH excluding ortho intramolecular Hbond substituents is 1. The van der Waals surface area contributed by atoms with Gasteiger partial charge in [0.2, 0.25) is 15.9 Å². The molecule has 0 bridgehead atoms. The SMILES string of the molecule is O=C(CCc1ncc(-c2ccccc2)o1)Nc1cc(S(=O)(=O)N2CCCC2)ccc1O. The van der Waals surface area contributed by atoms with Gasteiger partial charge >= 0.3 is 0 Å². The van der Waals surface area contributed by atoms with Crippen molar-refractivity contribution in [2.75, 3.05) is 18.4 Å². The summed E-state index contributed by atoms with van der Waals surface area (Å²) in [5.74, 6) is 0.457. The molecule has 1 fully saturated rings. The van der Waals surface area contributed by atoms with Gasteiger partial charge in [0.25, 0.3) is 0 Å². The summed E-state index contributed by atoms with van der Waals surface area (Å²) < 4.78 is 32.6. The summed E-state index contributed by atoms with van der Waals surface area (Å²) in [4.78, 5) is 16.6. The van der Waals surface area contributed by atoms with E-state index >= 15 is 0 Å². The molecule has 162 valence electrons. The first-order valence-corrected chi connectivity index (χ1v) is 11.5. The molecule has 1 aromatic heterocycles. The maximum atomic E-state index is 12.7. The van der Waals surface area contributed by atoms with Crippen molar-refractivity contribution in [3.05, 3.63) is 60.6 Å². The van der Waals surface area contributed by atoms with E-state index in [-0.39, 0.29) is 35.1 Å². The number of sulfonamides is 1. The summed E-state index contributed by atoms with van der Waals surface area (Å²) >= 11 is 0. The minimum absolute atomic E-state index is 0.0442. The summed E-state index contributed by atoms with van der Waals surface area (Å²) in [6, 6.07) is 13.4. The Hall–Kier alpha value is -3.17. The van der Waals surface area contributed by atoms with Gasteiger partial charge in [-0.3, -0.25) is 4.79 Å². The number of amides is 1. The highest BCUT2D eigenvalue weighted by molar-refractivity contribution is 7.89. The molecule has 2 heterocycles. The lowest BCUT2D eigenvalue weighted by atomic mass is 10.2. The van der Waals surface area contributed by atoms with Crippen LogP contribution in [0.15, 0.2) is 64.0 Å². The molecule has 1 aliphatic rings. The first-order chi connectivity index (χ1) is 14.9. The lowest BCUT2D eigenvalue weighted by Crippen LogP contribution is -2.28. The zero-order chi connectivity index (χ0) is 21.8. The maximum Gasteiger partial charge on any atom is 0.243 e. The fraction of sp³-hybridized carbons (Fsp3) is 0.273. The zero-order valence-electron chi connectivity index (χ0n) is 16.8. The van der Waals surface area contributed by atoms with E-state index in [0.29, 0.717) is 24.7 Å². The van der Waals surface area contributed by atoms with Gasteiger partial charge in [0, 0.05) is 31.5 Å². The third kappa shape index (κ3) is 4.78. The van der Waals surface area contributed by atoms with Gasteiger partial charge in [-0.25, -0.2) is 13.4 Å². The van der Waals surface area contributed by atoms with E-state index in [1.54, 1.807) is 6.20 Å². The molecule has 0 saturated carbocycles. The number of benzene rings is 2. The van der Waals surface area contributed by atoms with Crippen molar-refractivity contribution < 1.29 is 22.7 Å². The highest BCUT2D eigenvalue weighted by Crippen LogP contribution is 2.29. The standard InChI is InChI=1S/C22H23N3O5S/c26-19-9-8-17(31(28,29)25-12-4-5-13-25)14-18(19)24-21(27)10-11-22-23-15-20(30-22)16-6-2-1-3-7-16/h1-3,6-9,14-15,26H,4-5,10-13H2,(H,24,27). The fourth-order valence-corrected chi connectivity index (χ4v) is 4.99. The quantitative estimate of drug-likeness (QED) is 0.544. The topological polar surface area (TPSA) is 113 Å². The number of nitrogens with one attached hydrogen (secondary N) is 1. The Morgan fingerprint density at radius 2 is 1.87 bits per heavy atom. The Balaban J connectivity index is 1.40. The number of aromatic nitrogens is 1. The average Bonchev–Trinajstić information content (AvgIpc) is 3.47. The number of carbonyl (C=O) groups excluding carboxylic acids is 1. The van der Waals surface area contributed by atoms with Gasteiger partial charge in [0.1, 0.15) is 5.75 Å². The largest absolute Gasteiger partial charge is 0.506 e. The van der Waals surface area contributed by atoms with Crippen LogP contribution < -0.4 is 5.32 Å². The number of anilines is 1. The van der Waals surface area contributed by atoms with Crippen molar-refractivity contribution in [1.82, 2.24) is 9.29 Å². The van der Waals surface area contributed by atoms with Crippen molar-refractivity contribution in [3.8, 4) is 17.1 Å². The molecule has 2 N–H and O–H groups in total. The number of aryl methyl sites for hydroxylation is 1. The second-order valence-electron chi connectivity index (χ2n) is 7.32. The summed E-state index contributed by atoms with van der Waals surface area (Å²) in [6.45, 7) is 0.956. The number of nitrogens with zero attached hydrogens (tertiary/aromatic N) is 2. The van der Waals surface area contributed by atoms with Crippen LogP contribution in [0, 0.1) is 0 Å². The Morgan fingerprint density at radius 1 is 1.13 bits per heavy atom. The lowest BCUT2D eigenvalue weighted by molar-refractivity contribution is -0.116. The molecule has 2 aromatic carbocycles. The zero-order valence-corrected chi connectivity index (χ0v) is 17.6. The van der Waals surface area contributed by atoms with Gasteiger partial charge in [0.05, 0.1) is 16.8 Å². The second kappa shape index (κ2) is 8.91. The molecule has 0 unspecified atom stereocenters. The molecule has 1 amide bonds. The molecule has 0 aliphatic carbocycles. The van der Waals surface area contributed by atoms with Crippen LogP contribution in [0.2, 0.25) is 0 Å². The van der Waals surface area contributed by atoms with E-state index in [2.05, 4.69) is 10.3 Å². The Kier molecular flexibility index (Phi) is 6.06. The van der Waals surface area contributed by atoms with Gasteiger partial charge < -0.3 is 14.8 Å². The predicted octanol–water partition coefficient (Wildman–Crippen LogP) is 3.40. The maximum absolute atomic E-state index is 12.7. The first kappa shape index (κ1) is 21.1. The lowest BCUT2D eigenvalue weighted by Gasteiger charge is -2.16. The third-order valence-corrected chi connectivity index (χ3v) is 7.02. The van der Waals surface area contributed by atoms with Crippen LogP contribution in [0.25, 0.3) is 11.3 Å². The Morgan fingerprint density at radius 3 is 2.61 bits per heavy atom. The van der Waals surface area contributed by atoms with Crippen LogP contribution in [0.4, 0.5) is 5.69 Å². The molecule has 1 aliphatic heterocycles. The molecule has 9 heteroatoms. The minimum Gasteiger partial charge on any atom is -0.506 e. The van der Waals surface area contributed by atoms with Crippen molar-refractivity contribution in [1.29, 1.82) is 0 Å². The average molecular weight is 442 g/mol. The predicted molar refractivity (Wildman–Crippen MR) is 115 cm³/mol. The van der Waals surface area contributed by atoms with E-state index in [4.69, 9.17) is 4.42 Å². The van der Waals surface area contributed by atoms with Gasteiger partial charge in [-0.1, -0.05) is 30.3 Å². The van der Waals surface area contributed by atoms with Crippen molar-refractivity contribution >= 4 is 21.6 Å². The number of hydrogen-bond acceptors (Lipinski definition) is 6.